The van der Waals surface area contributed by atoms with E-state index in [2.05, 4.69) is 10.2 Å². The van der Waals surface area contributed by atoms with Gasteiger partial charge in [0.2, 0.25) is 5.91 Å². The zero-order valence-corrected chi connectivity index (χ0v) is 18.7. The lowest BCUT2D eigenvalue weighted by molar-refractivity contribution is -0.119. The zero-order valence-electron chi connectivity index (χ0n) is 17.9. The lowest BCUT2D eigenvalue weighted by Crippen LogP contribution is -2.52. The summed E-state index contributed by atoms with van der Waals surface area (Å²) in [6, 6.07) is 12.5. The van der Waals surface area contributed by atoms with Gasteiger partial charge in [-0.2, -0.15) is 0 Å². The highest BCUT2D eigenvalue weighted by Crippen LogP contribution is 2.36. The second kappa shape index (κ2) is 10.4. The van der Waals surface area contributed by atoms with E-state index in [1.165, 1.54) is 14.2 Å². The first-order valence-electron chi connectivity index (χ1n) is 9.94. The van der Waals surface area contributed by atoms with Crippen LogP contribution in [0.2, 0.25) is 5.02 Å². The smallest absolute Gasteiger partial charge is 0.322 e. The molecule has 0 unspecified atom stereocenters. The molecule has 1 N–H and O–H groups in total. The van der Waals surface area contributed by atoms with Crippen LogP contribution < -0.4 is 19.7 Å². The van der Waals surface area contributed by atoms with E-state index >= 15 is 0 Å². The molecule has 0 bridgehead atoms. The fourth-order valence-electron chi connectivity index (χ4n) is 3.35. The van der Waals surface area contributed by atoms with Gasteiger partial charge >= 0.3 is 6.03 Å². The van der Waals surface area contributed by atoms with Crippen molar-refractivity contribution in [1.29, 1.82) is 0 Å². The van der Waals surface area contributed by atoms with Crippen LogP contribution in [0.1, 0.15) is 0 Å². The Morgan fingerprint density at radius 1 is 1.03 bits per heavy atom. The molecule has 31 heavy (non-hydrogen) atoms. The number of benzene rings is 2. The van der Waals surface area contributed by atoms with Crippen LogP contribution in [0.3, 0.4) is 0 Å². The number of halogens is 1. The average molecular weight is 447 g/mol. The molecule has 2 aromatic rings. The fraction of sp³-hybridized carbons (Fsp3) is 0.364. The van der Waals surface area contributed by atoms with Crippen LogP contribution in [0.25, 0.3) is 0 Å². The number of ether oxygens (including phenoxy) is 2. The van der Waals surface area contributed by atoms with Crippen molar-refractivity contribution in [1.82, 2.24) is 9.80 Å². The van der Waals surface area contributed by atoms with Crippen LogP contribution in [0.5, 0.6) is 11.5 Å². The first-order chi connectivity index (χ1) is 14.9. The van der Waals surface area contributed by atoms with Crippen LogP contribution in [0, 0.1) is 0 Å². The molecule has 166 valence electrons. The predicted octanol–water partition coefficient (Wildman–Crippen LogP) is 3.17. The van der Waals surface area contributed by atoms with Crippen molar-refractivity contribution in [2.45, 2.75) is 0 Å². The van der Waals surface area contributed by atoms with Gasteiger partial charge in [0.15, 0.2) is 0 Å². The Balaban J connectivity index is 1.53. The van der Waals surface area contributed by atoms with E-state index in [0.29, 0.717) is 54.9 Å². The molecule has 0 radical (unpaired) electrons. The standard InChI is InChI=1S/C22H27ClN4O4/c1-25(16-7-5-4-6-8-16)21(28)15-26-9-11-27(12-10-26)22(29)24-18-13-17(23)19(30-2)14-20(18)31-3/h4-8,13-14H,9-12,15H2,1-3H3,(H,24,29). The minimum atomic E-state index is -0.244. The molecule has 2 aromatic carbocycles. The van der Waals surface area contributed by atoms with Gasteiger partial charge in [-0.25, -0.2) is 4.79 Å². The lowest BCUT2D eigenvalue weighted by atomic mass is 10.2. The predicted molar refractivity (Wildman–Crippen MR) is 121 cm³/mol. The normalized spacial score (nSPS) is 14.1. The van der Waals surface area contributed by atoms with E-state index in [9.17, 15) is 9.59 Å². The van der Waals surface area contributed by atoms with Gasteiger partial charge in [-0.05, 0) is 18.2 Å². The molecule has 1 aliphatic rings. The van der Waals surface area contributed by atoms with Crippen LogP contribution in [0.15, 0.2) is 42.5 Å². The molecule has 1 heterocycles. The zero-order chi connectivity index (χ0) is 22.4. The maximum Gasteiger partial charge on any atom is 0.322 e. The molecule has 1 saturated heterocycles. The molecule has 0 saturated carbocycles. The minimum absolute atomic E-state index is 0.0155. The molecule has 0 spiro atoms. The van der Waals surface area contributed by atoms with Crippen molar-refractivity contribution in [3.8, 4) is 11.5 Å². The number of methoxy groups -OCH3 is 2. The molecule has 1 fully saturated rings. The summed E-state index contributed by atoms with van der Waals surface area (Å²) in [5.74, 6) is 0.944. The van der Waals surface area contributed by atoms with Crippen molar-refractivity contribution in [3.63, 3.8) is 0 Å². The van der Waals surface area contributed by atoms with Crippen LogP contribution in [0.4, 0.5) is 16.2 Å². The quantitative estimate of drug-likeness (QED) is 0.737. The largest absolute Gasteiger partial charge is 0.495 e. The van der Waals surface area contributed by atoms with Gasteiger partial charge in [0.05, 0.1) is 31.5 Å². The molecule has 9 heteroatoms. The Kier molecular flexibility index (Phi) is 7.59. The topological polar surface area (TPSA) is 74.4 Å². The maximum absolute atomic E-state index is 12.7. The second-order valence-electron chi connectivity index (χ2n) is 7.17. The number of nitrogens with one attached hydrogen (secondary N) is 1. The van der Waals surface area contributed by atoms with Gasteiger partial charge in [-0.1, -0.05) is 29.8 Å². The third-order valence-electron chi connectivity index (χ3n) is 5.25. The van der Waals surface area contributed by atoms with Crippen molar-refractivity contribution >= 4 is 34.9 Å². The molecular formula is C22H27ClN4O4. The van der Waals surface area contributed by atoms with Gasteiger partial charge in [-0.3, -0.25) is 9.69 Å². The first-order valence-corrected chi connectivity index (χ1v) is 10.3. The van der Waals surface area contributed by atoms with E-state index in [1.807, 2.05) is 30.3 Å². The highest BCUT2D eigenvalue weighted by atomic mass is 35.5. The van der Waals surface area contributed by atoms with E-state index < -0.39 is 0 Å². The molecular weight excluding hydrogens is 420 g/mol. The Morgan fingerprint density at radius 3 is 2.29 bits per heavy atom. The van der Waals surface area contributed by atoms with Gasteiger partial charge in [0, 0.05) is 45.0 Å². The Hall–Kier alpha value is -2.97. The highest BCUT2D eigenvalue weighted by Gasteiger charge is 2.24. The number of hydrogen-bond donors (Lipinski definition) is 1. The van der Waals surface area contributed by atoms with Crippen LogP contribution in [-0.4, -0.2) is 75.7 Å². The summed E-state index contributed by atoms with van der Waals surface area (Å²) in [6.45, 7) is 2.56. The number of hydrogen-bond acceptors (Lipinski definition) is 5. The number of piperazine rings is 1. The number of carbonyl (C=O) groups excluding carboxylic acids is 2. The third kappa shape index (κ3) is 5.59. The maximum atomic E-state index is 12.7. The Bertz CT molecular complexity index is 917. The number of urea groups is 1. The van der Waals surface area contributed by atoms with Crippen molar-refractivity contribution in [3.05, 3.63) is 47.5 Å². The molecule has 1 aliphatic heterocycles. The van der Waals surface area contributed by atoms with Gasteiger partial charge in [0.25, 0.3) is 0 Å². The summed E-state index contributed by atoms with van der Waals surface area (Å²) < 4.78 is 10.5. The molecule has 0 aliphatic carbocycles. The molecule has 0 atom stereocenters. The number of para-hydroxylation sites is 1. The van der Waals surface area contributed by atoms with Crippen molar-refractivity contribution in [2.24, 2.45) is 0 Å². The number of nitrogens with zero attached hydrogens (tertiary/aromatic N) is 3. The number of carbonyl (C=O) groups is 2. The van der Waals surface area contributed by atoms with Gasteiger partial charge < -0.3 is 24.6 Å². The number of amides is 3. The summed E-state index contributed by atoms with van der Waals surface area (Å²) in [5, 5.41) is 3.23. The third-order valence-corrected chi connectivity index (χ3v) is 5.55. The number of anilines is 2. The summed E-state index contributed by atoms with van der Waals surface area (Å²) in [7, 11) is 4.80. The van der Waals surface area contributed by atoms with Crippen molar-refractivity contribution in [2.75, 3.05) is 64.2 Å². The Morgan fingerprint density at radius 2 is 1.68 bits per heavy atom. The van der Waals surface area contributed by atoms with E-state index in [0.717, 1.165) is 5.69 Å². The van der Waals surface area contributed by atoms with Gasteiger partial charge in [0.1, 0.15) is 11.5 Å². The second-order valence-corrected chi connectivity index (χ2v) is 7.58. The Labute approximate surface area is 187 Å². The average Bonchev–Trinajstić information content (AvgIpc) is 2.79. The molecule has 0 aromatic heterocycles. The van der Waals surface area contributed by atoms with Crippen LogP contribution >= 0.6 is 11.6 Å². The summed E-state index contributed by atoms with van der Waals surface area (Å²) in [6.07, 6.45) is 0. The minimum Gasteiger partial charge on any atom is -0.495 e. The van der Waals surface area contributed by atoms with E-state index in [-0.39, 0.29) is 11.9 Å². The summed E-state index contributed by atoms with van der Waals surface area (Å²) >= 11 is 6.18. The monoisotopic (exact) mass is 446 g/mol. The molecule has 3 rings (SSSR count). The van der Waals surface area contributed by atoms with E-state index in [1.54, 1.807) is 29.0 Å². The molecule has 3 amide bonds. The van der Waals surface area contributed by atoms with Crippen LogP contribution in [-0.2, 0) is 4.79 Å². The number of likely N-dealkylation sites (N-methyl/N-ethyl adjacent to an activating group) is 1. The first kappa shape index (κ1) is 22.7. The summed E-state index contributed by atoms with van der Waals surface area (Å²) in [5.41, 5.74) is 1.33. The van der Waals surface area contributed by atoms with Crippen molar-refractivity contribution < 1.29 is 19.1 Å². The van der Waals surface area contributed by atoms with E-state index in [4.69, 9.17) is 21.1 Å². The highest BCUT2D eigenvalue weighted by molar-refractivity contribution is 6.32. The fourth-order valence-corrected chi connectivity index (χ4v) is 3.59. The van der Waals surface area contributed by atoms with Gasteiger partial charge in [-0.15, -0.1) is 0 Å². The lowest BCUT2D eigenvalue weighted by Gasteiger charge is -2.35. The summed E-state index contributed by atoms with van der Waals surface area (Å²) in [4.78, 5) is 30.7. The number of rotatable bonds is 6. The SMILES string of the molecule is COc1cc(OC)c(NC(=O)N2CCN(CC(=O)N(C)c3ccccc3)CC2)cc1Cl. The molecule has 8 nitrogen and oxygen atoms in total.